The van der Waals surface area contributed by atoms with Gasteiger partial charge in [0.1, 0.15) is 0 Å². The topological polar surface area (TPSA) is 101 Å². The summed E-state index contributed by atoms with van der Waals surface area (Å²) in [5, 5.41) is 6.67. The second kappa shape index (κ2) is 5.80. The van der Waals surface area contributed by atoms with E-state index >= 15 is 0 Å². The summed E-state index contributed by atoms with van der Waals surface area (Å²) in [5.74, 6) is 0.348. The number of rotatable bonds is 4. The number of aromatic nitrogens is 2. The van der Waals surface area contributed by atoms with Crippen LogP contribution in [0.15, 0.2) is 5.03 Å². The average molecular weight is 302 g/mol. The molecule has 0 aliphatic carbocycles. The van der Waals surface area contributed by atoms with Crippen LogP contribution in [0.5, 0.6) is 0 Å². The molecule has 1 saturated heterocycles. The summed E-state index contributed by atoms with van der Waals surface area (Å²) in [5.41, 5.74) is 6.88. The number of hydrogen-bond acceptors (Lipinski definition) is 5. The summed E-state index contributed by atoms with van der Waals surface area (Å²) in [6.07, 6.45) is 0.693. The highest BCUT2D eigenvalue weighted by atomic mass is 32.2. The van der Waals surface area contributed by atoms with E-state index in [0.717, 1.165) is 6.42 Å². The molecule has 1 fully saturated rings. The lowest BCUT2D eigenvalue weighted by Gasteiger charge is -2.35. The Morgan fingerprint density at radius 2 is 2.25 bits per heavy atom. The standard InChI is InChI=1S/C12H22N4O3S/c1-8-4-5-16(7-11(8)19-3)20(17,18)12-10(6-13)9(2)14-15-12/h8,11H,4-7,13H2,1-3H3,(H,14,15). The number of piperidine rings is 1. The number of H-pyrrole nitrogens is 1. The number of aromatic amines is 1. The summed E-state index contributed by atoms with van der Waals surface area (Å²) in [7, 11) is -2.01. The number of hydrogen-bond donors (Lipinski definition) is 2. The molecule has 2 atom stereocenters. The molecular formula is C12H22N4O3S. The van der Waals surface area contributed by atoms with Crippen molar-refractivity contribution in [2.24, 2.45) is 11.7 Å². The van der Waals surface area contributed by atoms with Crippen LogP contribution < -0.4 is 5.73 Å². The van der Waals surface area contributed by atoms with E-state index in [1.807, 2.05) is 0 Å². The van der Waals surface area contributed by atoms with Gasteiger partial charge in [0.05, 0.1) is 6.10 Å². The Morgan fingerprint density at radius 3 is 2.85 bits per heavy atom. The molecule has 0 radical (unpaired) electrons. The van der Waals surface area contributed by atoms with Gasteiger partial charge in [0, 0.05) is 38.0 Å². The Bertz CT molecular complexity index is 569. The number of methoxy groups -OCH3 is 1. The molecule has 114 valence electrons. The highest BCUT2D eigenvalue weighted by Crippen LogP contribution is 2.26. The number of nitrogens with one attached hydrogen (secondary N) is 1. The van der Waals surface area contributed by atoms with E-state index in [1.165, 1.54) is 4.31 Å². The van der Waals surface area contributed by atoms with Crippen molar-refractivity contribution < 1.29 is 13.2 Å². The predicted octanol–water partition coefficient (Wildman–Crippen LogP) is 0.222. The lowest BCUT2D eigenvalue weighted by molar-refractivity contribution is 0.0183. The lowest BCUT2D eigenvalue weighted by atomic mass is 9.97. The first-order valence-electron chi connectivity index (χ1n) is 6.68. The van der Waals surface area contributed by atoms with Crippen molar-refractivity contribution in [1.29, 1.82) is 0 Å². The summed E-state index contributed by atoms with van der Waals surface area (Å²) in [6.45, 7) is 4.83. The van der Waals surface area contributed by atoms with Crippen molar-refractivity contribution in [2.45, 2.75) is 37.9 Å². The van der Waals surface area contributed by atoms with Crippen LogP contribution in [-0.2, 0) is 21.3 Å². The molecule has 1 aromatic heterocycles. The van der Waals surface area contributed by atoms with Crippen molar-refractivity contribution in [3.63, 3.8) is 0 Å². The Morgan fingerprint density at radius 1 is 1.55 bits per heavy atom. The highest BCUT2D eigenvalue weighted by Gasteiger charge is 2.36. The number of nitrogens with two attached hydrogens (primary N) is 1. The van der Waals surface area contributed by atoms with Crippen molar-refractivity contribution in [1.82, 2.24) is 14.5 Å². The van der Waals surface area contributed by atoms with Gasteiger partial charge in [-0.15, -0.1) is 0 Å². The zero-order valence-corrected chi connectivity index (χ0v) is 12.9. The third-order valence-corrected chi connectivity index (χ3v) is 5.82. The van der Waals surface area contributed by atoms with Gasteiger partial charge in [-0.2, -0.15) is 9.40 Å². The van der Waals surface area contributed by atoms with Crippen LogP contribution >= 0.6 is 0 Å². The third-order valence-electron chi connectivity index (χ3n) is 3.98. The van der Waals surface area contributed by atoms with E-state index in [2.05, 4.69) is 17.1 Å². The van der Waals surface area contributed by atoms with Crippen LogP contribution in [0, 0.1) is 12.8 Å². The zero-order chi connectivity index (χ0) is 14.9. The second-order valence-corrected chi connectivity index (χ2v) is 7.09. The molecule has 1 aliphatic heterocycles. The summed E-state index contributed by atoms with van der Waals surface area (Å²) >= 11 is 0. The minimum atomic E-state index is -3.62. The Balaban J connectivity index is 2.31. The quantitative estimate of drug-likeness (QED) is 0.828. The van der Waals surface area contributed by atoms with Crippen LogP contribution in [0.2, 0.25) is 0 Å². The maximum Gasteiger partial charge on any atom is 0.262 e. The molecule has 0 saturated carbocycles. The fraction of sp³-hybridized carbons (Fsp3) is 0.750. The Labute approximate surface area is 119 Å². The minimum Gasteiger partial charge on any atom is -0.380 e. The molecule has 1 aliphatic rings. The molecule has 2 heterocycles. The van der Waals surface area contributed by atoms with Crippen LogP contribution in [0.4, 0.5) is 0 Å². The first-order valence-corrected chi connectivity index (χ1v) is 8.12. The predicted molar refractivity (Wildman–Crippen MR) is 74.6 cm³/mol. The van der Waals surface area contributed by atoms with Gasteiger partial charge in [0.25, 0.3) is 10.0 Å². The SMILES string of the molecule is COC1CN(S(=O)(=O)c2n[nH]c(C)c2CN)CCC1C. The van der Waals surface area contributed by atoms with E-state index in [9.17, 15) is 8.42 Å². The fourth-order valence-corrected chi connectivity index (χ4v) is 4.18. The van der Waals surface area contributed by atoms with E-state index < -0.39 is 10.0 Å². The minimum absolute atomic E-state index is 0.0434. The third kappa shape index (κ3) is 2.60. The molecule has 0 amide bonds. The van der Waals surface area contributed by atoms with Crippen LogP contribution in [0.1, 0.15) is 24.6 Å². The first kappa shape index (κ1) is 15.4. The van der Waals surface area contributed by atoms with Crippen molar-refractivity contribution in [2.75, 3.05) is 20.2 Å². The molecule has 7 nitrogen and oxygen atoms in total. The molecule has 2 rings (SSSR count). The maximum absolute atomic E-state index is 12.7. The molecule has 8 heteroatoms. The summed E-state index contributed by atoms with van der Waals surface area (Å²) in [4.78, 5) is 0. The van der Waals surface area contributed by atoms with E-state index in [0.29, 0.717) is 30.3 Å². The lowest BCUT2D eigenvalue weighted by Crippen LogP contribution is -2.46. The van der Waals surface area contributed by atoms with Crippen molar-refractivity contribution >= 4 is 10.0 Å². The van der Waals surface area contributed by atoms with Gasteiger partial charge < -0.3 is 10.5 Å². The fourth-order valence-electron chi connectivity index (χ4n) is 2.54. The van der Waals surface area contributed by atoms with Crippen molar-refractivity contribution in [3.8, 4) is 0 Å². The average Bonchev–Trinajstić information content (AvgIpc) is 2.80. The number of sulfonamides is 1. The Hall–Kier alpha value is -0.960. The molecule has 2 unspecified atom stereocenters. The number of ether oxygens (including phenoxy) is 1. The second-order valence-electron chi connectivity index (χ2n) is 5.24. The largest absolute Gasteiger partial charge is 0.380 e. The van der Waals surface area contributed by atoms with E-state index in [-0.39, 0.29) is 17.7 Å². The highest BCUT2D eigenvalue weighted by molar-refractivity contribution is 7.89. The first-order chi connectivity index (χ1) is 9.41. The van der Waals surface area contributed by atoms with Gasteiger partial charge in [-0.05, 0) is 19.3 Å². The monoisotopic (exact) mass is 302 g/mol. The maximum atomic E-state index is 12.7. The van der Waals surface area contributed by atoms with Gasteiger partial charge in [-0.25, -0.2) is 8.42 Å². The number of aryl methyl sites for hydroxylation is 1. The van der Waals surface area contributed by atoms with Crippen LogP contribution in [0.3, 0.4) is 0 Å². The summed E-state index contributed by atoms with van der Waals surface area (Å²) in [6, 6.07) is 0. The van der Waals surface area contributed by atoms with E-state index in [4.69, 9.17) is 10.5 Å². The van der Waals surface area contributed by atoms with Gasteiger partial charge in [-0.1, -0.05) is 6.92 Å². The van der Waals surface area contributed by atoms with Gasteiger partial charge >= 0.3 is 0 Å². The van der Waals surface area contributed by atoms with Gasteiger partial charge in [-0.3, -0.25) is 5.10 Å². The molecule has 0 spiro atoms. The van der Waals surface area contributed by atoms with Crippen LogP contribution in [0.25, 0.3) is 0 Å². The smallest absolute Gasteiger partial charge is 0.262 e. The molecule has 20 heavy (non-hydrogen) atoms. The van der Waals surface area contributed by atoms with Gasteiger partial charge in [0.15, 0.2) is 5.03 Å². The van der Waals surface area contributed by atoms with Crippen molar-refractivity contribution in [3.05, 3.63) is 11.3 Å². The molecule has 0 bridgehead atoms. The van der Waals surface area contributed by atoms with Gasteiger partial charge in [0.2, 0.25) is 0 Å². The zero-order valence-electron chi connectivity index (χ0n) is 12.1. The molecule has 3 N–H and O–H groups in total. The normalized spacial score (nSPS) is 25.0. The summed E-state index contributed by atoms with van der Waals surface area (Å²) < 4.78 is 32.2. The Kier molecular flexibility index (Phi) is 4.48. The molecule has 0 aromatic carbocycles. The molecular weight excluding hydrogens is 280 g/mol. The van der Waals surface area contributed by atoms with E-state index in [1.54, 1.807) is 14.0 Å². The van der Waals surface area contributed by atoms with Crippen LogP contribution in [-0.4, -0.2) is 49.2 Å². The molecule has 1 aromatic rings. The number of nitrogens with zero attached hydrogens (tertiary/aromatic N) is 2.